The van der Waals surface area contributed by atoms with E-state index >= 15 is 0 Å². The first kappa shape index (κ1) is 29.5. The van der Waals surface area contributed by atoms with Crippen molar-refractivity contribution in [2.75, 3.05) is 12.3 Å². The first-order chi connectivity index (χ1) is 17.5. The van der Waals surface area contributed by atoms with E-state index in [1.54, 1.807) is 6.20 Å². The molecular weight excluding hydrogens is 500 g/mol. The highest BCUT2D eigenvalue weighted by Gasteiger charge is 2.29. The third-order valence-corrected chi connectivity index (χ3v) is 5.89. The lowest BCUT2D eigenvalue weighted by molar-refractivity contribution is -0.142. The van der Waals surface area contributed by atoms with E-state index in [1.807, 2.05) is 24.3 Å². The predicted molar refractivity (Wildman–Crippen MR) is 143 cm³/mol. The summed E-state index contributed by atoms with van der Waals surface area (Å²) in [6.45, 7) is 1.65. The fourth-order valence-electron chi connectivity index (χ4n) is 3.53. The first-order valence-electron chi connectivity index (χ1n) is 11.6. The summed E-state index contributed by atoms with van der Waals surface area (Å²) in [5.74, 6) is -3.35. The quantitative estimate of drug-likeness (QED) is 0.0602. The highest BCUT2D eigenvalue weighted by Crippen LogP contribution is 2.19. The molecular formula is C23H34N8O5S. The number of nitrogens with two attached hydrogens (primary N) is 3. The van der Waals surface area contributed by atoms with E-state index in [0.717, 1.165) is 10.9 Å². The number of thiol groups is 1. The Morgan fingerprint density at radius 3 is 2.27 bits per heavy atom. The Labute approximate surface area is 219 Å². The number of carbonyl (C=O) groups excluding carboxylic acids is 3. The van der Waals surface area contributed by atoms with Crippen LogP contribution in [0.2, 0.25) is 0 Å². The normalized spacial score (nSPS) is 14.1. The molecule has 11 N–H and O–H groups in total. The van der Waals surface area contributed by atoms with Crippen molar-refractivity contribution in [1.29, 1.82) is 0 Å². The minimum Gasteiger partial charge on any atom is -0.480 e. The summed E-state index contributed by atoms with van der Waals surface area (Å²) in [5, 5.41) is 18.2. The minimum atomic E-state index is -1.26. The standard InChI is InChI=1S/C23H34N8O5S/c1-12(24)19(32)31-18(11-37)21(34)29-16(7-4-8-27-23(25)26)20(33)30-17(22(35)36)9-13-10-28-15-6-3-2-5-14(13)15/h2-3,5-6,10,12,16-18,28,37H,4,7-9,11,24H2,1H3,(H,29,34)(H,30,33)(H,31,32)(H,35,36)(H4,25,26,27). The number of para-hydroxylation sites is 1. The number of amides is 3. The number of fused-ring (bicyclic) bond motifs is 1. The maximum atomic E-state index is 13.1. The summed E-state index contributed by atoms with van der Waals surface area (Å²) < 4.78 is 0. The Hall–Kier alpha value is -3.78. The SMILES string of the molecule is CC(N)C(=O)NC(CS)C(=O)NC(CCCN=C(N)N)C(=O)NC(Cc1c[nH]c2ccccc12)C(=O)O. The van der Waals surface area contributed by atoms with Crippen molar-refractivity contribution in [1.82, 2.24) is 20.9 Å². The van der Waals surface area contributed by atoms with E-state index < -0.39 is 47.9 Å². The number of carboxylic acids is 1. The molecule has 3 amide bonds. The number of guanidine groups is 1. The molecule has 13 nitrogen and oxygen atoms in total. The molecule has 0 radical (unpaired) electrons. The maximum Gasteiger partial charge on any atom is 0.326 e. The number of carbonyl (C=O) groups is 4. The smallest absolute Gasteiger partial charge is 0.326 e. The second-order valence-corrected chi connectivity index (χ2v) is 8.87. The molecule has 1 aromatic carbocycles. The number of aromatic amines is 1. The first-order valence-corrected chi connectivity index (χ1v) is 12.3. The molecule has 1 aromatic heterocycles. The number of nitrogens with zero attached hydrogens (tertiary/aromatic N) is 1. The number of benzene rings is 1. The molecule has 37 heavy (non-hydrogen) atoms. The lowest BCUT2D eigenvalue weighted by Gasteiger charge is -2.24. The van der Waals surface area contributed by atoms with Crippen LogP contribution in [0.15, 0.2) is 35.5 Å². The second-order valence-electron chi connectivity index (χ2n) is 8.51. The fraction of sp³-hybridized carbons (Fsp3) is 0.435. The lowest BCUT2D eigenvalue weighted by Crippen LogP contribution is -2.57. The average molecular weight is 535 g/mol. The van der Waals surface area contributed by atoms with Crippen molar-refractivity contribution >= 4 is 53.2 Å². The van der Waals surface area contributed by atoms with Crippen LogP contribution in [0.5, 0.6) is 0 Å². The number of aromatic nitrogens is 1. The Kier molecular flexibility index (Phi) is 11.2. The van der Waals surface area contributed by atoms with E-state index in [2.05, 4.69) is 38.6 Å². The van der Waals surface area contributed by atoms with Crippen LogP contribution in [0.3, 0.4) is 0 Å². The third kappa shape index (κ3) is 8.99. The molecule has 1 heterocycles. The Morgan fingerprint density at radius 1 is 1.03 bits per heavy atom. The predicted octanol–water partition coefficient (Wildman–Crippen LogP) is -1.42. The third-order valence-electron chi connectivity index (χ3n) is 5.52. The number of aliphatic imine (C=N–C) groups is 1. The molecule has 4 unspecified atom stereocenters. The molecule has 0 aliphatic rings. The molecule has 14 heteroatoms. The van der Waals surface area contributed by atoms with Crippen LogP contribution >= 0.6 is 12.6 Å². The van der Waals surface area contributed by atoms with Gasteiger partial charge >= 0.3 is 5.97 Å². The molecule has 4 atom stereocenters. The van der Waals surface area contributed by atoms with Crippen LogP contribution in [-0.4, -0.2) is 76.2 Å². The second kappa shape index (κ2) is 14.1. The molecule has 0 aliphatic heterocycles. The highest BCUT2D eigenvalue weighted by molar-refractivity contribution is 7.80. The zero-order chi connectivity index (χ0) is 27.5. The van der Waals surface area contributed by atoms with Gasteiger partial charge in [-0.15, -0.1) is 0 Å². The molecule has 0 bridgehead atoms. The number of hydrogen-bond acceptors (Lipinski definition) is 7. The van der Waals surface area contributed by atoms with Gasteiger partial charge in [0.05, 0.1) is 6.04 Å². The Morgan fingerprint density at radius 2 is 1.65 bits per heavy atom. The largest absolute Gasteiger partial charge is 0.480 e. The van der Waals surface area contributed by atoms with Crippen LogP contribution in [0.1, 0.15) is 25.3 Å². The van der Waals surface area contributed by atoms with Crippen LogP contribution < -0.4 is 33.2 Å². The molecule has 2 rings (SSSR count). The van der Waals surface area contributed by atoms with Gasteiger partial charge in [-0.2, -0.15) is 12.6 Å². The van der Waals surface area contributed by atoms with Gasteiger partial charge in [0.15, 0.2) is 5.96 Å². The van der Waals surface area contributed by atoms with Crippen LogP contribution in [-0.2, 0) is 25.6 Å². The van der Waals surface area contributed by atoms with Gasteiger partial charge in [-0.05, 0) is 31.4 Å². The number of H-pyrrole nitrogens is 1. The van der Waals surface area contributed by atoms with Gasteiger partial charge in [0.25, 0.3) is 0 Å². The molecule has 0 spiro atoms. The average Bonchev–Trinajstić information content (AvgIpc) is 3.26. The topological polar surface area (TPSA) is 231 Å². The zero-order valence-electron chi connectivity index (χ0n) is 20.4. The monoisotopic (exact) mass is 534 g/mol. The minimum absolute atomic E-state index is 0.0173. The molecule has 0 aliphatic carbocycles. The zero-order valence-corrected chi connectivity index (χ0v) is 21.3. The summed E-state index contributed by atoms with van der Waals surface area (Å²) in [6.07, 6.45) is 2.13. The Balaban J connectivity index is 2.17. The lowest BCUT2D eigenvalue weighted by atomic mass is 10.0. The van der Waals surface area contributed by atoms with Crippen LogP contribution in [0.25, 0.3) is 10.9 Å². The van der Waals surface area contributed by atoms with Crippen LogP contribution in [0, 0.1) is 0 Å². The Bertz CT molecular complexity index is 1130. The molecule has 2 aromatic rings. The number of nitrogens with one attached hydrogen (secondary N) is 4. The van der Waals surface area contributed by atoms with Crippen molar-refractivity contribution in [3.63, 3.8) is 0 Å². The van der Waals surface area contributed by atoms with E-state index in [0.29, 0.717) is 12.0 Å². The maximum absolute atomic E-state index is 13.1. The number of aliphatic carboxylic acids is 1. The van der Waals surface area contributed by atoms with Crippen molar-refractivity contribution in [2.45, 2.75) is 50.4 Å². The number of hydrogen-bond donors (Lipinski definition) is 9. The van der Waals surface area contributed by atoms with Crippen molar-refractivity contribution in [3.8, 4) is 0 Å². The van der Waals surface area contributed by atoms with E-state index in [1.165, 1.54) is 6.92 Å². The van der Waals surface area contributed by atoms with Gasteiger partial charge in [0.1, 0.15) is 18.1 Å². The highest BCUT2D eigenvalue weighted by atomic mass is 32.1. The van der Waals surface area contributed by atoms with Gasteiger partial charge in [0, 0.05) is 35.8 Å². The number of carboxylic acid groups (broad SMARTS) is 1. The van der Waals surface area contributed by atoms with Gasteiger partial charge in [0.2, 0.25) is 17.7 Å². The summed E-state index contributed by atoms with van der Waals surface area (Å²) >= 11 is 4.10. The molecule has 0 fully saturated rings. The number of rotatable bonds is 14. The fourth-order valence-corrected chi connectivity index (χ4v) is 3.79. The van der Waals surface area contributed by atoms with Crippen molar-refractivity contribution in [3.05, 3.63) is 36.0 Å². The van der Waals surface area contributed by atoms with E-state index in [-0.39, 0.29) is 31.1 Å². The van der Waals surface area contributed by atoms with E-state index in [4.69, 9.17) is 17.2 Å². The van der Waals surface area contributed by atoms with Gasteiger partial charge in [-0.25, -0.2) is 4.79 Å². The van der Waals surface area contributed by atoms with Gasteiger partial charge < -0.3 is 43.2 Å². The summed E-state index contributed by atoms with van der Waals surface area (Å²) in [7, 11) is 0. The van der Waals surface area contributed by atoms with Crippen molar-refractivity contribution < 1.29 is 24.3 Å². The molecule has 0 saturated carbocycles. The summed E-state index contributed by atoms with van der Waals surface area (Å²) in [4.78, 5) is 56.8. The van der Waals surface area contributed by atoms with Gasteiger partial charge in [-0.1, -0.05) is 18.2 Å². The molecule has 0 saturated heterocycles. The van der Waals surface area contributed by atoms with E-state index in [9.17, 15) is 24.3 Å². The summed E-state index contributed by atoms with van der Waals surface area (Å²) in [5.41, 5.74) is 17.8. The van der Waals surface area contributed by atoms with Crippen LogP contribution in [0.4, 0.5) is 0 Å². The summed E-state index contributed by atoms with van der Waals surface area (Å²) in [6, 6.07) is 3.09. The van der Waals surface area contributed by atoms with Gasteiger partial charge in [-0.3, -0.25) is 19.4 Å². The van der Waals surface area contributed by atoms with Crippen molar-refractivity contribution in [2.24, 2.45) is 22.2 Å². The molecule has 202 valence electrons.